The van der Waals surface area contributed by atoms with E-state index in [0.29, 0.717) is 0 Å². The number of hydrogen-bond donors (Lipinski definition) is 0. The summed E-state index contributed by atoms with van der Waals surface area (Å²) >= 11 is 1.84. The van der Waals surface area contributed by atoms with E-state index in [9.17, 15) is 0 Å². The average molecular weight is 670 g/mol. The molecule has 0 spiro atoms. The summed E-state index contributed by atoms with van der Waals surface area (Å²) in [5.74, 6) is 0. The van der Waals surface area contributed by atoms with Crippen molar-refractivity contribution in [2.75, 3.05) is 4.90 Å². The van der Waals surface area contributed by atoms with Gasteiger partial charge in [0.1, 0.15) is 5.58 Å². The zero-order chi connectivity index (χ0) is 33.7. The van der Waals surface area contributed by atoms with E-state index in [4.69, 9.17) is 4.42 Å². The summed E-state index contributed by atoms with van der Waals surface area (Å²) in [6, 6.07) is 67.3. The lowest BCUT2D eigenvalue weighted by Crippen LogP contribution is -2.10. The fourth-order valence-corrected chi connectivity index (χ4v) is 8.58. The summed E-state index contributed by atoms with van der Waals surface area (Å²) in [4.78, 5) is 2.34. The third-order valence-electron chi connectivity index (χ3n) is 9.91. The monoisotopic (exact) mass is 669 g/mol. The van der Waals surface area contributed by atoms with E-state index in [1.165, 1.54) is 53.6 Å². The van der Waals surface area contributed by atoms with E-state index in [2.05, 4.69) is 181 Å². The Labute approximate surface area is 300 Å². The van der Waals surface area contributed by atoms with Gasteiger partial charge in [-0.2, -0.15) is 0 Å². The number of anilines is 3. The van der Waals surface area contributed by atoms with Gasteiger partial charge < -0.3 is 9.32 Å². The highest BCUT2D eigenvalue weighted by molar-refractivity contribution is 7.25. The SMILES string of the molecule is c1ccc(-c2ccccc2-c2ccc(-c3ccc(N(c4ccc5c(c4)sc4ccccc45)c4cccc5c4oc4ccccc45)cc3)cc2)cc1. The van der Waals surface area contributed by atoms with Crippen molar-refractivity contribution in [2.45, 2.75) is 0 Å². The summed E-state index contributed by atoms with van der Waals surface area (Å²) in [6.45, 7) is 0. The molecule has 3 heteroatoms. The van der Waals surface area contributed by atoms with E-state index in [1.54, 1.807) is 0 Å². The van der Waals surface area contributed by atoms with Crippen LogP contribution < -0.4 is 4.90 Å². The van der Waals surface area contributed by atoms with Gasteiger partial charge in [-0.15, -0.1) is 11.3 Å². The minimum Gasteiger partial charge on any atom is -0.454 e. The zero-order valence-corrected chi connectivity index (χ0v) is 28.5. The van der Waals surface area contributed by atoms with Gasteiger partial charge in [-0.25, -0.2) is 0 Å². The maximum Gasteiger partial charge on any atom is 0.159 e. The number of hydrogen-bond acceptors (Lipinski definition) is 3. The van der Waals surface area contributed by atoms with Gasteiger partial charge in [0.05, 0.1) is 5.69 Å². The Kier molecular flexibility index (Phi) is 7.04. The Morgan fingerprint density at radius 2 is 0.941 bits per heavy atom. The number of fused-ring (bicyclic) bond motifs is 6. The summed E-state index contributed by atoms with van der Waals surface area (Å²) in [6.07, 6.45) is 0. The van der Waals surface area contributed by atoms with Crippen LogP contribution in [0, 0.1) is 0 Å². The lowest BCUT2D eigenvalue weighted by Gasteiger charge is -2.26. The quantitative estimate of drug-likeness (QED) is 0.175. The Balaban J connectivity index is 1.06. The maximum absolute atomic E-state index is 6.58. The highest BCUT2D eigenvalue weighted by Crippen LogP contribution is 2.45. The summed E-state index contributed by atoms with van der Waals surface area (Å²) in [5.41, 5.74) is 12.2. The van der Waals surface area contributed by atoms with Gasteiger partial charge in [-0.05, 0) is 75.8 Å². The topological polar surface area (TPSA) is 16.4 Å². The molecular formula is C48H31NOS. The Morgan fingerprint density at radius 3 is 1.73 bits per heavy atom. The molecule has 2 heterocycles. The molecular weight excluding hydrogens is 639 g/mol. The van der Waals surface area contributed by atoms with E-state index in [-0.39, 0.29) is 0 Å². The van der Waals surface area contributed by atoms with E-state index < -0.39 is 0 Å². The van der Waals surface area contributed by atoms with Crippen LogP contribution in [0.3, 0.4) is 0 Å². The molecule has 0 fully saturated rings. The number of benzene rings is 8. The van der Waals surface area contributed by atoms with Crippen molar-refractivity contribution in [3.8, 4) is 33.4 Å². The standard InChI is InChI=1S/C48H31NOS/c1-2-11-34(12-3-1)38-13-4-5-14-39(38)35-23-21-32(22-24-35)33-25-27-36(28-26-33)49(37-29-30-42-41-16-7-9-20-46(41)51-47(42)31-37)44-18-10-17-43-40-15-6-8-19-45(40)50-48(43)44/h1-31H. The van der Waals surface area contributed by atoms with Gasteiger partial charge in [0.2, 0.25) is 0 Å². The van der Waals surface area contributed by atoms with Crippen LogP contribution in [0.2, 0.25) is 0 Å². The molecule has 51 heavy (non-hydrogen) atoms. The lowest BCUT2D eigenvalue weighted by atomic mass is 9.93. The first-order chi connectivity index (χ1) is 25.3. The average Bonchev–Trinajstić information content (AvgIpc) is 3.77. The summed E-state index contributed by atoms with van der Waals surface area (Å²) in [7, 11) is 0. The fourth-order valence-electron chi connectivity index (χ4n) is 7.44. The third kappa shape index (κ3) is 5.10. The van der Waals surface area contributed by atoms with Crippen molar-refractivity contribution in [3.05, 3.63) is 188 Å². The molecule has 0 N–H and O–H groups in total. The van der Waals surface area contributed by atoms with Gasteiger partial charge in [0, 0.05) is 42.3 Å². The van der Waals surface area contributed by atoms with Crippen LogP contribution in [0.25, 0.3) is 75.5 Å². The second-order valence-corrected chi connectivity index (χ2v) is 14.0. The molecule has 0 bridgehead atoms. The van der Waals surface area contributed by atoms with Crippen molar-refractivity contribution >= 4 is 70.5 Å². The predicted molar refractivity (Wildman–Crippen MR) is 218 cm³/mol. The zero-order valence-electron chi connectivity index (χ0n) is 27.7. The third-order valence-corrected chi connectivity index (χ3v) is 11.0. The molecule has 240 valence electrons. The minimum atomic E-state index is 0.880. The smallest absolute Gasteiger partial charge is 0.159 e. The molecule has 0 saturated heterocycles. The van der Waals surface area contributed by atoms with E-state index >= 15 is 0 Å². The van der Waals surface area contributed by atoms with Gasteiger partial charge >= 0.3 is 0 Å². The normalized spacial score (nSPS) is 11.5. The molecule has 0 saturated carbocycles. The molecule has 0 amide bonds. The van der Waals surface area contributed by atoms with Crippen LogP contribution in [0.5, 0.6) is 0 Å². The van der Waals surface area contributed by atoms with Crippen LogP contribution in [0.1, 0.15) is 0 Å². The Morgan fingerprint density at radius 1 is 0.373 bits per heavy atom. The van der Waals surface area contributed by atoms with Crippen molar-refractivity contribution in [3.63, 3.8) is 0 Å². The van der Waals surface area contributed by atoms with Crippen LogP contribution in [-0.2, 0) is 0 Å². The van der Waals surface area contributed by atoms with Crippen molar-refractivity contribution in [1.82, 2.24) is 0 Å². The first-order valence-electron chi connectivity index (χ1n) is 17.3. The molecule has 8 aromatic carbocycles. The minimum absolute atomic E-state index is 0.880. The van der Waals surface area contributed by atoms with Crippen molar-refractivity contribution in [2.24, 2.45) is 0 Å². The van der Waals surface area contributed by atoms with E-state index in [1.807, 2.05) is 23.5 Å². The highest BCUT2D eigenvalue weighted by atomic mass is 32.1. The Bertz CT molecular complexity index is 2850. The van der Waals surface area contributed by atoms with Crippen LogP contribution >= 0.6 is 11.3 Å². The molecule has 0 radical (unpaired) electrons. The second-order valence-electron chi connectivity index (χ2n) is 12.9. The maximum atomic E-state index is 6.58. The van der Waals surface area contributed by atoms with Crippen molar-refractivity contribution < 1.29 is 4.42 Å². The molecule has 2 aromatic heterocycles. The number of thiophene rings is 1. The molecule has 0 aliphatic rings. The largest absolute Gasteiger partial charge is 0.454 e. The molecule has 10 rings (SSSR count). The summed E-state index contributed by atoms with van der Waals surface area (Å²) < 4.78 is 9.15. The van der Waals surface area contributed by atoms with Crippen LogP contribution in [-0.4, -0.2) is 0 Å². The molecule has 0 unspecified atom stereocenters. The van der Waals surface area contributed by atoms with Gasteiger partial charge in [-0.1, -0.05) is 146 Å². The number of furan rings is 1. The summed E-state index contributed by atoms with van der Waals surface area (Å²) in [5, 5.41) is 4.82. The number of para-hydroxylation sites is 2. The van der Waals surface area contributed by atoms with Gasteiger partial charge in [-0.3, -0.25) is 0 Å². The highest BCUT2D eigenvalue weighted by Gasteiger charge is 2.20. The number of nitrogens with zero attached hydrogens (tertiary/aromatic N) is 1. The molecule has 10 aromatic rings. The first-order valence-corrected chi connectivity index (χ1v) is 18.1. The van der Waals surface area contributed by atoms with E-state index in [0.717, 1.165) is 39.0 Å². The second kappa shape index (κ2) is 12.2. The van der Waals surface area contributed by atoms with Crippen molar-refractivity contribution in [1.29, 1.82) is 0 Å². The van der Waals surface area contributed by atoms with Crippen LogP contribution in [0.4, 0.5) is 17.1 Å². The number of rotatable bonds is 6. The predicted octanol–water partition coefficient (Wildman–Crippen LogP) is 14.4. The van der Waals surface area contributed by atoms with Gasteiger partial charge in [0.15, 0.2) is 5.58 Å². The molecule has 2 nitrogen and oxygen atoms in total. The lowest BCUT2D eigenvalue weighted by molar-refractivity contribution is 0.669. The first kappa shape index (κ1) is 29.5. The Hall–Kier alpha value is -6.42. The van der Waals surface area contributed by atoms with Gasteiger partial charge in [0.25, 0.3) is 0 Å². The molecule has 0 aliphatic carbocycles. The fraction of sp³-hybridized carbons (Fsp3) is 0. The molecule has 0 aliphatic heterocycles. The van der Waals surface area contributed by atoms with Crippen LogP contribution in [0.15, 0.2) is 192 Å². The molecule has 0 atom stereocenters.